The van der Waals surface area contributed by atoms with Crippen molar-refractivity contribution in [3.63, 3.8) is 0 Å². The molecule has 2 aromatic rings. The maximum atomic E-state index is 12.8. The standard InChI is InChI=1S/C22H28N2O4S3/c1-15-3-7-17(8-4-15)30(25,26)23-19-11-13-22-20(12-14-21(19)29-22)24-31(27,28)18-9-5-16(2)6-10-18/h3-10,19-24H,11-14H2,1-2H3. The normalized spacial score (nSPS) is 26.5. The van der Waals surface area contributed by atoms with Crippen LogP contribution in [0.3, 0.4) is 0 Å². The third-order valence-electron chi connectivity index (χ3n) is 6.05. The number of nitrogens with one attached hydrogen (secondary N) is 2. The van der Waals surface area contributed by atoms with Crippen molar-refractivity contribution in [3.05, 3.63) is 59.7 Å². The fraction of sp³-hybridized carbons (Fsp3) is 0.455. The van der Waals surface area contributed by atoms with Gasteiger partial charge in [0.15, 0.2) is 0 Å². The van der Waals surface area contributed by atoms with Gasteiger partial charge in [-0.3, -0.25) is 0 Å². The minimum Gasteiger partial charge on any atom is -0.207 e. The minimum atomic E-state index is -3.57. The van der Waals surface area contributed by atoms with Gasteiger partial charge >= 0.3 is 0 Å². The molecule has 6 nitrogen and oxygen atoms in total. The summed E-state index contributed by atoms with van der Waals surface area (Å²) in [7, 11) is -7.14. The first-order valence-corrected chi connectivity index (χ1v) is 14.4. The Morgan fingerprint density at radius 3 is 1.35 bits per heavy atom. The number of sulfonamides is 2. The summed E-state index contributed by atoms with van der Waals surface area (Å²) in [5.41, 5.74) is 2.03. The van der Waals surface area contributed by atoms with E-state index in [9.17, 15) is 16.8 Å². The van der Waals surface area contributed by atoms with E-state index in [0.29, 0.717) is 12.8 Å². The first-order valence-electron chi connectivity index (χ1n) is 10.5. The SMILES string of the molecule is Cc1ccc(S(=O)(=O)NC2CCC3SC2CCC3NS(=O)(=O)c2ccc(C)cc2)cc1. The van der Waals surface area contributed by atoms with Gasteiger partial charge in [0.25, 0.3) is 0 Å². The van der Waals surface area contributed by atoms with Gasteiger partial charge in [0.1, 0.15) is 0 Å². The Bertz CT molecular complexity index is 1040. The van der Waals surface area contributed by atoms with Gasteiger partial charge in [0.2, 0.25) is 20.0 Å². The van der Waals surface area contributed by atoms with Crippen molar-refractivity contribution in [2.24, 2.45) is 0 Å². The molecule has 168 valence electrons. The first-order chi connectivity index (χ1) is 14.6. The Kier molecular flexibility index (Phi) is 6.52. The Morgan fingerprint density at radius 1 is 0.645 bits per heavy atom. The van der Waals surface area contributed by atoms with Crippen LogP contribution in [0.15, 0.2) is 58.3 Å². The van der Waals surface area contributed by atoms with Crippen molar-refractivity contribution in [1.82, 2.24) is 9.44 Å². The van der Waals surface area contributed by atoms with Gasteiger partial charge in [-0.25, -0.2) is 26.3 Å². The molecule has 2 aliphatic heterocycles. The summed E-state index contributed by atoms with van der Waals surface area (Å²) in [5, 5.41) is 0.304. The average molecular weight is 481 g/mol. The monoisotopic (exact) mass is 480 g/mol. The van der Waals surface area contributed by atoms with Crippen LogP contribution in [0.5, 0.6) is 0 Å². The molecule has 2 aliphatic rings. The maximum absolute atomic E-state index is 12.8. The van der Waals surface area contributed by atoms with Crippen LogP contribution < -0.4 is 9.44 Å². The van der Waals surface area contributed by atoms with Crippen LogP contribution in [0.1, 0.15) is 36.8 Å². The van der Waals surface area contributed by atoms with Gasteiger partial charge in [-0.2, -0.15) is 11.8 Å². The van der Waals surface area contributed by atoms with E-state index in [1.54, 1.807) is 60.3 Å². The van der Waals surface area contributed by atoms with Crippen molar-refractivity contribution >= 4 is 31.8 Å². The zero-order valence-corrected chi connectivity index (χ0v) is 20.1. The molecule has 2 saturated heterocycles. The molecule has 4 unspecified atom stereocenters. The Hall–Kier alpha value is -1.39. The number of hydrogen-bond donors (Lipinski definition) is 2. The van der Waals surface area contributed by atoms with E-state index < -0.39 is 20.0 Å². The molecule has 2 fully saturated rings. The maximum Gasteiger partial charge on any atom is 0.240 e. The van der Waals surface area contributed by atoms with Crippen molar-refractivity contribution < 1.29 is 16.8 Å². The molecule has 2 N–H and O–H groups in total. The van der Waals surface area contributed by atoms with Crippen LogP contribution in [0, 0.1) is 13.8 Å². The van der Waals surface area contributed by atoms with E-state index in [4.69, 9.17) is 0 Å². The third kappa shape index (κ3) is 5.17. The van der Waals surface area contributed by atoms with Gasteiger partial charge in [0, 0.05) is 22.6 Å². The van der Waals surface area contributed by atoms with E-state index in [1.807, 2.05) is 13.8 Å². The predicted molar refractivity (Wildman–Crippen MR) is 124 cm³/mol. The molecule has 9 heteroatoms. The molecular weight excluding hydrogens is 452 g/mol. The molecule has 4 atom stereocenters. The van der Waals surface area contributed by atoms with Crippen molar-refractivity contribution in [1.29, 1.82) is 0 Å². The number of aryl methyl sites for hydroxylation is 2. The molecule has 0 saturated carbocycles. The molecule has 31 heavy (non-hydrogen) atoms. The van der Waals surface area contributed by atoms with Crippen LogP contribution in [0.25, 0.3) is 0 Å². The number of rotatable bonds is 6. The Balaban J connectivity index is 1.40. The van der Waals surface area contributed by atoms with Gasteiger partial charge < -0.3 is 0 Å². The van der Waals surface area contributed by atoms with Crippen LogP contribution in [0.2, 0.25) is 0 Å². The lowest BCUT2D eigenvalue weighted by Gasteiger charge is -2.44. The summed E-state index contributed by atoms with van der Waals surface area (Å²) in [6.45, 7) is 3.85. The lowest BCUT2D eigenvalue weighted by molar-refractivity contribution is 0.374. The van der Waals surface area contributed by atoms with Crippen LogP contribution in [0.4, 0.5) is 0 Å². The van der Waals surface area contributed by atoms with Crippen LogP contribution >= 0.6 is 11.8 Å². The van der Waals surface area contributed by atoms with Crippen molar-refractivity contribution in [2.45, 2.75) is 71.9 Å². The summed E-state index contributed by atoms with van der Waals surface area (Å²) >= 11 is 1.71. The second-order valence-electron chi connectivity index (χ2n) is 8.45. The average Bonchev–Trinajstić information content (AvgIpc) is 2.72. The minimum absolute atomic E-state index is 0.137. The van der Waals surface area contributed by atoms with Gasteiger partial charge in [-0.15, -0.1) is 0 Å². The van der Waals surface area contributed by atoms with Crippen molar-refractivity contribution in [3.8, 4) is 0 Å². The first kappa shape index (κ1) is 22.8. The lowest BCUT2D eigenvalue weighted by Crippen LogP contribution is -2.53. The number of thioether (sulfide) groups is 1. The molecule has 2 aromatic carbocycles. The van der Waals surface area contributed by atoms with E-state index in [-0.39, 0.29) is 32.4 Å². The van der Waals surface area contributed by atoms with E-state index >= 15 is 0 Å². The highest BCUT2D eigenvalue weighted by Gasteiger charge is 2.42. The Labute approximate surface area is 189 Å². The molecule has 0 amide bonds. The summed E-state index contributed by atoms with van der Waals surface area (Å²) in [5.74, 6) is 0. The number of benzene rings is 2. The predicted octanol–water partition coefficient (Wildman–Crippen LogP) is 3.36. The van der Waals surface area contributed by atoms with Crippen LogP contribution in [-0.2, 0) is 20.0 Å². The number of fused-ring (bicyclic) bond motifs is 2. The third-order valence-corrected chi connectivity index (χ3v) is 10.9. The zero-order chi connectivity index (χ0) is 22.2. The second-order valence-corrected chi connectivity index (χ2v) is 13.4. The molecular formula is C22H28N2O4S3. The molecule has 0 spiro atoms. The summed E-state index contributed by atoms with van der Waals surface area (Å²) in [6, 6.07) is 13.4. The summed E-state index contributed by atoms with van der Waals surface area (Å²) < 4.78 is 57.0. The van der Waals surface area contributed by atoms with Gasteiger partial charge in [0.05, 0.1) is 9.79 Å². The smallest absolute Gasteiger partial charge is 0.207 e. The van der Waals surface area contributed by atoms with Gasteiger partial charge in [-0.05, 0) is 63.8 Å². The second kappa shape index (κ2) is 8.86. The molecule has 4 rings (SSSR count). The quantitative estimate of drug-likeness (QED) is 0.661. The topological polar surface area (TPSA) is 92.3 Å². The molecule has 2 heterocycles. The van der Waals surface area contributed by atoms with E-state index in [1.165, 1.54) is 0 Å². The summed E-state index contributed by atoms with van der Waals surface area (Å²) in [4.78, 5) is 0.564. The zero-order valence-electron chi connectivity index (χ0n) is 17.6. The fourth-order valence-corrected chi connectivity index (χ4v) is 8.83. The molecule has 2 bridgehead atoms. The van der Waals surface area contributed by atoms with E-state index in [0.717, 1.165) is 24.0 Å². The van der Waals surface area contributed by atoms with Crippen molar-refractivity contribution in [2.75, 3.05) is 0 Å². The lowest BCUT2D eigenvalue weighted by atomic mass is 9.92. The highest BCUT2D eigenvalue weighted by Crippen LogP contribution is 2.42. The highest BCUT2D eigenvalue weighted by molar-refractivity contribution is 8.00. The largest absolute Gasteiger partial charge is 0.240 e. The molecule has 0 aliphatic carbocycles. The molecule has 0 radical (unpaired) electrons. The summed E-state index contributed by atoms with van der Waals surface area (Å²) in [6.07, 6.45) is 2.94. The molecule has 0 aromatic heterocycles. The highest BCUT2D eigenvalue weighted by atomic mass is 32.2. The number of hydrogen-bond acceptors (Lipinski definition) is 5. The Morgan fingerprint density at radius 2 is 1.00 bits per heavy atom. The fourth-order valence-electron chi connectivity index (χ4n) is 4.25. The van der Waals surface area contributed by atoms with Gasteiger partial charge in [-0.1, -0.05) is 35.4 Å². The van der Waals surface area contributed by atoms with E-state index in [2.05, 4.69) is 9.44 Å². The van der Waals surface area contributed by atoms with Crippen LogP contribution in [-0.4, -0.2) is 39.4 Å².